The van der Waals surface area contributed by atoms with Gasteiger partial charge in [0, 0.05) is 19.1 Å². The summed E-state index contributed by atoms with van der Waals surface area (Å²) in [6, 6.07) is 0. The molecule has 1 fully saturated rings. The average Bonchev–Trinajstić information content (AvgIpc) is 2.54. The molecular weight excluding hydrogens is 214 g/mol. The zero-order chi connectivity index (χ0) is 12.7. The molecule has 0 saturated heterocycles. The smallest absolute Gasteiger partial charge is 0.223 e. The van der Waals surface area contributed by atoms with Gasteiger partial charge in [-0.25, -0.2) is 0 Å². The van der Waals surface area contributed by atoms with Crippen molar-refractivity contribution in [2.75, 3.05) is 13.2 Å². The first-order valence-corrected chi connectivity index (χ1v) is 6.94. The Kier molecular flexibility index (Phi) is 5.96. The van der Waals surface area contributed by atoms with E-state index in [1.807, 2.05) is 0 Å². The highest BCUT2D eigenvalue weighted by Crippen LogP contribution is 2.24. The van der Waals surface area contributed by atoms with E-state index in [0.29, 0.717) is 6.54 Å². The first-order valence-electron chi connectivity index (χ1n) is 6.94. The van der Waals surface area contributed by atoms with Crippen LogP contribution in [-0.2, 0) is 4.79 Å². The van der Waals surface area contributed by atoms with E-state index in [9.17, 15) is 4.79 Å². The molecule has 0 aromatic heterocycles. The van der Waals surface area contributed by atoms with Gasteiger partial charge < -0.3 is 10.4 Å². The van der Waals surface area contributed by atoms with Gasteiger partial charge in [-0.05, 0) is 24.7 Å². The van der Waals surface area contributed by atoms with E-state index >= 15 is 0 Å². The summed E-state index contributed by atoms with van der Waals surface area (Å²) in [4.78, 5) is 12.0. The van der Waals surface area contributed by atoms with Crippen molar-refractivity contribution in [1.82, 2.24) is 5.32 Å². The second kappa shape index (κ2) is 7.00. The van der Waals surface area contributed by atoms with Crippen LogP contribution in [-0.4, -0.2) is 24.2 Å². The van der Waals surface area contributed by atoms with Crippen molar-refractivity contribution in [3.63, 3.8) is 0 Å². The number of hydrogen-bond acceptors (Lipinski definition) is 2. The molecule has 0 aromatic rings. The van der Waals surface area contributed by atoms with Crippen molar-refractivity contribution in [2.24, 2.45) is 11.3 Å². The van der Waals surface area contributed by atoms with Crippen molar-refractivity contribution in [1.29, 1.82) is 0 Å². The Morgan fingerprint density at radius 1 is 1.24 bits per heavy atom. The number of carbonyl (C=O) groups is 1. The van der Waals surface area contributed by atoms with E-state index in [2.05, 4.69) is 19.2 Å². The van der Waals surface area contributed by atoms with Gasteiger partial charge in [0.1, 0.15) is 0 Å². The zero-order valence-electron chi connectivity index (χ0n) is 11.3. The van der Waals surface area contributed by atoms with Gasteiger partial charge in [-0.15, -0.1) is 0 Å². The number of amides is 1. The lowest BCUT2D eigenvalue weighted by molar-refractivity contribution is -0.125. The quantitative estimate of drug-likeness (QED) is 0.726. The topological polar surface area (TPSA) is 49.3 Å². The highest BCUT2D eigenvalue weighted by Gasteiger charge is 2.23. The molecule has 0 aliphatic heterocycles. The fraction of sp³-hybridized carbons (Fsp3) is 0.929. The molecule has 1 aliphatic carbocycles. The van der Waals surface area contributed by atoms with Crippen LogP contribution in [0.1, 0.15) is 58.8 Å². The van der Waals surface area contributed by atoms with Gasteiger partial charge in [-0.1, -0.05) is 39.5 Å². The van der Waals surface area contributed by atoms with Crippen molar-refractivity contribution < 1.29 is 9.90 Å². The highest BCUT2D eigenvalue weighted by molar-refractivity contribution is 5.78. The number of aliphatic hydroxyl groups is 1. The van der Waals surface area contributed by atoms with Gasteiger partial charge in [-0.3, -0.25) is 4.79 Å². The van der Waals surface area contributed by atoms with Gasteiger partial charge >= 0.3 is 0 Å². The summed E-state index contributed by atoms with van der Waals surface area (Å²) >= 11 is 0. The van der Waals surface area contributed by atoms with Gasteiger partial charge in [0.2, 0.25) is 5.91 Å². The Bertz CT molecular complexity index is 230. The Morgan fingerprint density at radius 3 is 2.35 bits per heavy atom. The number of hydrogen-bond donors (Lipinski definition) is 2. The molecule has 17 heavy (non-hydrogen) atoms. The van der Waals surface area contributed by atoms with Crippen LogP contribution >= 0.6 is 0 Å². The van der Waals surface area contributed by atoms with E-state index < -0.39 is 0 Å². The first-order chi connectivity index (χ1) is 8.05. The second-order valence-corrected chi connectivity index (χ2v) is 6.04. The Hall–Kier alpha value is -0.570. The summed E-state index contributed by atoms with van der Waals surface area (Å²) in [7, 11) is 0. The number of aliphatic hydroxyl groups excluding tert-OH is 1. The fourth-order valence-electron chi connectivity index (χ4n) is 2.40. The van der Waals surface area contributed by atoms with E-state index in [-0.39, 0.29) is 23.8 Å². The third-order valence-corrected chi connectivity index (χ3v) is 3.76. The summed E-state index contributed by atoms with van der Waals surface area (Å²) in [5, 5.41) is 12.0. The van der Waals surface area contributed by atoms with Crippen LogP contribution in [0.3, 0.4) is 0 Å². The van der Waals surface area contributed by atoms with E-state index in [4.69, 9.17) is 5.11 Å². The summed E-state index contributed by atoms with van der Waals surface area (Å²) in [5.41, 5.74) is -0.00482. The molecule has 0 bridgehead atoms. The summed E-state index contributed by atoms with van der Waals surface area (Å²) in [6.45, 7) is 5.02. The van der Waals surface area contributed by atoms with Crippen LogP contribution in [0.2, 0.25) is 0 Å². The number of rotatable bonds is 5. The molecule has 3 nitrogen and oxygen atoms in total. The third kappa shape index (κ3) is 5.53. The minimum atomic E-state index is -0.00482. The maximum atomic E-state index is 12.0. The highest BCUT2D eigenvalue weighted by atomic mass is 16.3. The van der Waals surface area contributed by atoms with E-state index in [1.165, 1.54) is 25.7 Å². The lowest BCUT2D eigenvalue weighted by atomic mass is 9.89. The van der Waals surface area contributed by atoms with E-state index in [1.54, 1.807) is 0 Å². The average molecular weight is 241 g/mol. The second-order valence-electron chi connectivity index (χ2n) is 6.04. The molecule has 0 radical (unpaired) electrons. The monoisotopic (exact) mass is 241 g/mol. The lowest BCUT2D eigenvalue weighted by Gasteiger charge is -2.25. The summed E-state index contributed by atoms with van der Waals surface area (Å²) < 4.78 is 0. The van der Waals surface area contributed by atoms with Crippen LogP contribution in [0.15, 0.2) is 0 Å². The molecule has 0 atom stereocenters. The lowest BCUT2D eigenvalue weighted by Crippen LogP contribution is -2.38. The largest absolute Gasteiger partial charge is 0.396 e. The minimum absolute atomic E-state index is 0.00482. The van der Waals surface area contributed by atoms with Crippen molar-refractivity contribution >= 4 is 5.91 Å². The van der Waals surface area contributed by atoms with Crippen LogP contribution in [0, 0.1) is 11.3 Å². The summed E-state index contributed by atoms with van der Waals surface area (Å²) in [6.07, 6.45) is 7.77. The molecule has 1 aliphatic rings. The maximum absolute atomic E-state index is 12.0. The molecule has 0 aromatic carbocycles. The van der Waals surface area contributed by atoms with Crippen molar-refractivity contribution in [2.45, 2.75) is 58.8 Å². The Balaban J connectivity index is 2.32. The standard InChI is InChI=1S/C14H27NO2/c1-14(2,9-10-16)11-15-13(17)12-7-5-3-4-6-8-12/h12,16H,3-11H2,1-2H3,(H,15,17). The molecule has 2 N–H and O–H groups in total. The van der Waals surface area contributed by atoms with Gasteiger partial charge in [-0.2, -0.15) is 0 Å². The molecule has 100 valence electrons. The number of nitrogens with one attached hydrogen (secondary N) is 1. The van der Waals surface area contributed by atoms with Crippen LogP contribution < -0.4 is 5.32 Å². The SMILES string of the molecule is CC(C)(CCO)CNC(=O)C1CCCCCC1. The minimum Gasteiger partial charge on any atom is -0.396 e. The fourth-order valence-corrected chi connectivity index (χ4v) is 2.40. The molecular formula is C14H27NO2. The predicted molar refractivity (Wildman–Crippen MR) is 69.7 cm³/mol. The first kappa shape index (κ1) is 14.5. The van der Waals surface area contributed by atoms with Crippen LogP contribution in [0.4, 0.5) is 0 Å². The molecule has 1 amide bonds. The molecule has 0 unspecified atom stereocenters. The van der Waals surface area contributed by atoms with E-state index in [0.717, 1.165) is 19.3 Å². The zero-order valence-corrected chi connectivity index (χ0v) is 11.3. The molecule has 1 saturated carbocycles. The van der Waals surface area contributed by atoms with Crippen molar-refractivity contribution in [3.05, 3.63) is 0 Å². The molecule has 0 heterocycles. The van der Waals surface area contributed by atoms with Gasteiger partial charge in [0.05, 0.1) is 0 Å². The molecule has 3 heteroatoms. The Morgan fingerprint density at radius 2 is 1.82 bits per heavy atom. The van der Waals surface area contributed by atoms with Gasteiger partial charge in [0.15, 0.2) is 0 Å². The molecule has 0 spiro atoms. The van der Waals surface area contributed by atoms with Crippen LogP contribution in [0.5, 0.6) is 0 Å². The summed E-state index contributed by atoms with van der Waals surface area (Å²) in [5.74, 6) is 0.445. The Labute approximate surface area is 105 Å². The number of carbonyl (C=O) groups excluding carboxylic acids is 1. The van der Waals surface area contributed by atoms with Crippen molar-refractivity contribution in [3.8, 4) is 0 Å². The normalized spacial score (nSPS) is 18.8. The molecule has 1 rings (SSSR count). The predicted octanol–water partition coefficient (Wildman–Crippen LogP) is 2.48. The van der Waals surface area contributed by atoms with Gasteiger partial charge in [0.25, 0.3) is 0 Å². The maximum Gasteiger partial charge on any atom is 0.223 e. The van der Waals surface area contributed by atoms with Crippen LogP contribution in [0.25, 0.3) is 0 Å². The third-order valence-electron chi connectivity index (χ3n) is 3.76.